The van der Waals surface area contributed by atoms with Gasteiger partial charge in [-0.25, -0.2) is 0 Å². The van der Waals surface area contributed by atoms with Crippen LogP contribution in [0.3, 0.4) is 0 Å². The largest absolute Gasteiger partial charge is 0.388 e. The van der Waals surface area contributed by atoms with Crippen LogP contribution in [-0.4, -0.2) is 5.11 Å². The highest BCUT2D eigenvalue weighted by Gasteiger charge is 2.17. The highest BCUT2D eigenvalue weighted by Crippen LogP contribution is 2.32. The predicted octanol–water partition coefficient (Wildman–Crippen LogP) is 4.73. The van der Waals surface area contributed by atoms with Crippen molar-refractivity contribution >= 4 is 11.6 Å². The van der Waals surface area contributed by atoms with Crippen molar-refractivity contribution in [3.8, 4) is 0 Å². The first-order valence-corrected chi connectivity index (χ1v) is 7.07. The van der Waals surface area contributed by atoms with E-state index in [4.69, 9.17) is 11.6 Å². The standard InChI is InChI=1S/C15H21ClO/c16-14-9-5-4-8-13(14)15(17)11-10-12-6-2-1-3-7-12/h4-5,8-9,12,15,17H,1-3,6-7,10-11H2. The normalized spacial score (nSPS) is 19.2. The van der Waals surface area contributed by atoms with Gasteiger partial charge in [-0.3, -0.25) is 0 Å². The fourth-order valence-electron chi connectivity index (χ4n) is 2.77. The van der Waals surface area contributed by atoms with Crippen molar-refractivity contribution in [1.29, 1.82) is 0 Å². The molecular formula is C15H21ClO. The van der Waals surface area contributed by atoms with E-state index in [1.807, 2.05) is 24.3 Å². The zero-order valence-corrected chi connectivity index (χ0v) is 11.0. The van der Waals surface area contributed by atoms with Crippen molar-refractivity contribution in [2.24, 2.45) is 5.92 Å². The van der Waals surface area contributed by atoms with Crippen LogP contribution >= 0.6 is 11.6 Å². The fraction of sp³-hybridized carbons (Fsp3) is 0.600. The molecule has 1 nitrogen and oxygen atoms in total. The van der Waals surface area contributed by atoms with E-state index in [0.717, 1.165) is 24.3 Å². The Bertz CT molecular complexity index is 345. The maximum atomic E-state index is 10.1. The lowest BCUT2D eigenvalue weighted by molar-refractivity contribution is 0.151. The molecule has 1 N–H and O–H groups in total. The first kappa shape index (κ1) is 12.9. The summed E-state index contributed by atoms with van der Waals surface area (Å²) in [5, 5.41) is 10.8. The zero-order valence-electron chi connectivity index (χ0n) is 10.2. The molecule has 0 radical (unpaired) electrons. The molecule has 0 amide bonds. The molecule has 1 aromatic rings. The smallest absolute Gasteiger partial charge is 0.0804 e. The highest BCUT2D eigenvalue weighted by atomic mass is 35.5. The quantitative estimate of drug-likeness (QED) is 0.821. The molecule has 1 aromatic carbocycles. The van der Waals surface area contributed by atoms with Crippen molar-refractivity contribution in [2.75, 3.05) is 0 Å². The lowest BCUT2D eigenvalue weighted by Crippen LogP contribution is -2.08. The maximum Gasteiger partial charge on any atom is 0.0804 e. The number of benzene rings is 1. The van der Waals surface area contributed by atoms with Crippen molar-refractivity contribution in [3.63, 3.8) is 0 Å². The van der Waals surface area contributed by atoms with Gasteiger partial charge >= 0.3 is 0 Å². The van der Waals surface area contributed by atoms with E-state index in [-0.39, 0.29) is 0 Å². The van der Waals surface area contributed by atoms with Crippen LogP contribution in [0.15, 0.2) is 24.3 Å². The number of rotatable bonds is 4. The lowest BCUT2D eigenvalue weighted by Gasteiger charge is -2.22. The van der Waals surface area contributed by atoms with E-state index in [1.54, 1.807) is 0 Å². The van der Waals surface area contributed by atoms with Gasteiger partial charge in [0.15, 0.2) is 0 Å². The van der Waals surface area contributed by atoms with Crippen LogP contribution in [-0.2, 0) is 0 Å². The Kier molecular flexibility index (Phi) is 4.87. The van der Waals surface area contributed by atoms with Gasteiger partial charge in [-0.1, -0.05) is 61.9 Å². The van der Waals surface area contributed by atoms with E-state index in [9.17, 15) is 5.11 Å². The fourth-order valence-corrected chi connectivity index (χ4v) is 3.03. The summed E-state index contributed by atoms with van der Waals surface area (Å²) in [5.74, 6) is 0.820. The molecule has 2 heteroatoms. The van der Waals surface area contributed by atoms with Crippen LogP contribution in [0, 0.1) is 5.92 Å². The summed E-state index contributed by atoms with van der Waals surface area (Å²) in [6.45, 7) is 0. The third-order valence-electron chi connectivity index (χ3n) is 3.84. The first-order valence-electron chi connectivity index (χ1n) is 6.70. The highest BCUT2D eigenvalue weighted by molar-refractivity contribution is 6.31. The van der Waals surface area contributed by atoms with E-state index < -0.39 is 6.10 Å². The van der Waals surface area contributed by atoms with Crippen molar-refractivity contribution in [3.05, 3.63) is 34.9 Å². The molecule has 0 saturated heterocycles. The van der Waals surface area contributed by atoms with E-state index >= 15 is 0 Å². The molecule has 0 bridgehead atoms. The number of aliphatic hydroxyl groups excluding tert-OH is 1. The Morgan fingerprint density at radius 1 is 1.18 bits per heavy atom. The van der Waals surface area contributed by atoms with Gasteiger partial charge in [-0.05, 0) is 30.4 Å². The Balaban J connectivity index is 1.84. The van der Waals surface area contributed by atoms with Crippen LogP contribution in [0.4, 0.5) is 0 Å². The molecule has 0 aromatic heterocycles. The molecule has 1 unspecified atom stereocenters. The van der Waals surface area contributed by atoms with Gasteiger partial charge in [0.1, 0.15) is 0 Å². The molecule has 0 spiro atoms. The van der Waals surface area contributed by atoms with Crippen LogP contribution in [0.25, 0.3) is 0 Å². The summed E-state index contributed by atoms with van der Waals surface area (Å²) in [6, 6.07) is 7.61. The third kappa shape index (κ3) is 3.72. The van der Waals surface area contributed by atoms with Crippen LogP contribution in [0.2, 0.25) is 5.02 Å². The van der Waals surface area contributed by atoms with Crippen molar-refractivity contribution < 1.29 is 5.11 Å². The molecule has 1 aliphatic carbocycles. The summed E-state index contributed by atoms with van der Waals surface area (Å²) in [7, 11) is 0. The average Bonchev–Trinajstić information content (AvgIpc) is 2.38. The Labute approximate surface area is 109 Å². The summed E-state index contributed by atoms with van der Waals surface area (Å²) >= 11 is 6.08. The summed E-state index contributed by atoms with van der Waals surface area (Å²) < 4.78 is 0. The van der Waals surface area contributed by atoms with Gasteiger partial charge in [0.05, 0.1) is 6.10 Å². The van der Waals surface area contributed by atoms with Crippen molar-refractivity contribution in [2.45, 2.75) is 51.0 Å². The molecule has 1 fully saturated rings. The van der Waals surface area contributed by atoms with E-state index in [1.165, 1.54) is 32.1 Å². The lowest BCUT2D eigenvalue weighted by atomic mass is 9.85. The molecule has 1 aliphatic rings. The summed E-state index contributed by atoms with van der Waals surface area (Å²) in [4.78, 5) is 0. The Morgan fingerprint density at radius 3 is 2.59 bits per heavy atom. The predicted molar refractivity (Wildman–Crippen MR) is 72.2 cm³/mol. The topological polar surface area (TPSA) is 20.2 Å². The molecule has 17 heavy (non-hydrogen) atoms. The van der Waals surface area contributed by atoms with Crippen molar-refractivity contribution in [1.82, 2.24) is 0 Å². The molecule has 1 saturated carbocycles. The molecule has 0 heterocycles. The second-order valence-corrected chi connectivity index (χ2v) is 5.53. The minimum atomic E-state index is -0.398. The van der Waals surface area contributed by atoms with E-state index in [2.05, 4.69) is 0 Å². The molecule has 0 aliphatic heterocycles. The zero-order chi connectivity index (χ0) is 12.1. The molecule has 94 valence electrons. The second-order valence-electron chi connectivity index (χ2n) is 5.12. The number of hydrogen-bond acceptors (Lipinski definition) is 1. The Morgan fingerprint density at radius 2 is 1.88 bits per heavy atom. The van der Waals surface area contributed by atoms with Gasteiger partial charge in [0.25, 0.3) is 0 Å². The number of aliphatic hydroxyl groups is 1. The van der Waals surface area contributed by atoms with Gasteiger partial charge in [0, 0.05) is 5.02 Å². The summed E-state index contributed by atoms with van der Waals surface area (Å²) in [5.41, 5.74) is 0.880. The second kappa shape index (κ2) is 6.42. The number of halogens is 1. The first-order chi connectivity index (χ1) is 8.27. The van der Waals surface area contributed by atoms with Gasteiger partial charge in [-0.15, -0.1) is 0 Å². The SMILES string of the molecule is OC(CCC1CCCCC1)c1ccccc1Cl. The van der Waals surface area contributed by atoms with Gasteiger partial charge in [-0.2, -0.15) is 0 Å². The van der Waals surface area contributed by atoms with Gasteiger partial charge in [0.2, 0.25) is 0 Å². The van der Waals surface area contributed by atoms with Gasteiger partial charge < -0.3 is 5.11 Å². The molecular weight excluding hydrogens is 232 g/mol. The average molecular weight is 253 g/mol. The summed E-state index contributed by atoms with van der Waals surface area (Å²) in [6.07, 6.45) is 8.39. The number of hydrogen-bond donors (Lipinski definition) is 1. The van der Waals surface area contributed by atoms with Crippen LogP contribution in [0.5, 0.6) is 0 Å². The van der Waals surface area contributed by atoms with Crippen LogP contribution in [0.1, 0.15) is 56.6 Å². The monoisotopic (exact) mass is 252 g/mol. The van der Waals surface area contributed by atoms with E-state index in [0.29, 0.717) is 5.02 Å². The molecule has 2 rings (SSSR count). The Hall–Kier alpha value is -0.530. The molecule has 1 atom stereocenters. The minimum absolute atomic E-state index is 0.398. The van der Waals surface area contributed by atoms with Crippen LogP contribution < -0.4 is 0 Å². The maximum absolute atomic E-state index is 10.1. The third-order valence-corrected chi connectivity index (χ3v) is 4.18. The minimum Gasteiger partial charge on any atom is -0.388 e.